The number of hydrogen-bond acceptors (Lipinski definition) is 4. The van der Waals surface area contributed by atoms with Crippen LogP contribution in [0.5, 0.6) is 0 Å². The van der Waals surface area contributed by atoms with Crippen LogP contribution < -0.4 is 0 Å². The third-order valence-corrected chi connectivity index (χ3v) is 5.36. The Morgan fingerprint density at radius 3 is 2.03 bits per heavy atom. The Labute approximate surface area is 173 Å². The maximum Gasteiger partial charge on any atom is 0.120 e. The fourth-order valence-corrected chi connectivity index (χ4v) is 3.90. The molecular formula is C25H30O4. The minimum Gasteiger partial charge on any atom is -0.386 e. The molecule has 2 N–H and O–H groups in total. The van der Waals surface area contributed by atoms with E-state index in [-0.39, 0.29) is 0 Å². The van der Waals surface area contributed by atoms with Crippen LogP contribution in [-0.4, -0.2) is 34.1 Å². The van der Waals surface area contributed by atoms with Gasteiger partial charge in [-0.1, -0.05) is 86.7 Å². The van der Waals surface area contributed by atoms with Gasteiger partial charge < -0.3 is 19.7 Å². The third-order valence-electron chi connectivity index (χ3n) is 5.36. The Morgan fingerprint density at radius 2 is 1.52 bits per heavy atom. The smallest absolute Gasteiger partial charge is 0.120 e. The molecule has 0 aromatic heterocycles. The van der Waals surface area contributed by atoms with Crippen LogP contribution in [0.15, 0.2) is 85.0 Å². The number of aliphatic hydroxyl groups is 2. The van der Waals surface area contributed by atoms with Crippen LogP contribution in [0.2, 0.25) is 0 Å². The maximum absolute atomic E-state index is 11.6. The molecule has 0 saturated carbocycles. The Morgan fingerprint density at radius 1 is 0.966 bits per heavy atom. The molecule has 0 aliphatic heterocycles. The van der Waals surface area contributed by atoms with Crippen LogP contribution in [0.1, 0.15) is 30.9 Å². The van der Waals surface area contributed by atoms with Gasteiger partial charge in [0, 0.05) is 0 Å². The summed E-state index contributed by atoms with van der Waals surface area (Å²) in [6.07, 6.45) is 2.17. The second-order valence-corrected chi connectivity index (χ2v) is 7.47. The van der Waals surface area contributed by atoms with E-state index in [2.05, 4.69) is 6.58 Å². The molecule has 0 bridgehead atoms. The van der Waals surface area contributed by atoms with Gasteiger partial charge in [0.2, 0.25) is 0 Å². The van der Waals surface area contributed by atoms with E-state index >= 15 is 0 Å². The summed E-state index contributed by atoms with van der Waals surface area (Å²) in [5.41, 5.74) is 1.31. The van der Waals surface area contributed by atoms with E-state index in [0.29, 0.717) is 25.2 Å². The molecule has 29 heavy (non-hydrogen) atoms. The minimum atomic E-state index is -1.27. The molecule has 4 nitrogen and oxygen atoms in total. The minimum absolute atomic E-state index is 0.319. The van der Waals surface area contributed by atoms with Crippen molar-refractivity contribution >= 4 is 0 Å². The van der Waals surface area contributed by atoms with E-state index in [1.807, 2.05) is 67.6 Å². The van der Waals surface area contributed by atoms with Gasteiger partial charge in [-0.15, -0.1) is 0 Å². The summed E-state index contributed by atoms with van der Waals surface area (Å²) in [6, 6.07) is 19.6. The van der Waals surface area contributed by atoms with Crippen molar-refractivity contribution in [2.75, 3.05) is 0 Å². The SMILES string of the molecule is C=CC1=C[C@@H](O)[C@H](OCc2ccccc2)[C@@H](OCc2ccccc2)[C@]1(O)CCC. The Balaban J connectivity index is 1.86. The fourth-order valence-electron chi connectivity index (χ4n) is 3.90. The predicted octanol–water partition coefficient (Wildman–Crippen LogP) is 4.18. The highest BCUT2D eigenvalue weighted by molar-refractivity contribution is 5.35. The fraction of sp³-hybridized carbons (Fsp3) is 0.360. The molecular weight excluding hydrogens is 364 g/mol. The molecule has 154 valence electrons. The lowest BCUT2D eigenvalue weighted by molar-refractivity contribution is -0.192. The monoisotopic (exact) mass is 394 g/mol. The number of ether oxygens (including phenoxy) is 2. The number of hydrogen-bond donors (Lipinski definition) is 2. The summed E-state index contributed by atoms with van der Waals surface area (Å²) in [5, 5.41) is 22.4. The van der Waals surface area contributed by atoms with E-state index in [4.69, 9.17) is 9.47 Å². The first-order valence-corrected chi connectivity index (χ1v) is 10.1. The first-order chi connectivity index (χ1) is 14.1. The van der Waals surface area contributed by atoms with E-state index in [9.17, 15) is 10.2 Å². The van der Waals surface area contributed by atoms with Crippen molar-refractivity contribution in [1.82, 2.24) is 0 Å². The number of rotatable bonds is 9. The van der Waals surface area contributed by atoms with Gasteiger partial charge in [-0.2, -0.15) is 0 Å². The van der Waals surface area contributed by atoms with Gasteiger partial charge in [0.05, 0.1) is 13.2 Å². The first-order valence-electron chi connectivity index (χ1n) is 10.1. The standard InChI is InChI=1S/C25H30O4/c1-3-15-25(27)21(4-2)16-22(26)23(28-17-19-11-7-5-8-12-19)24(25)29-18-20-13-9-6-10-14-20/h4-14,16,22-24,26-27H,2-3,15,17-18H2,1H3/t22-,23+,24-,25+/m1/s1. The van der Waals surface area contributed by atoms with Gasteiger partial charge in [0.15, 0.2) is 0 Å². The van der Waals surface area contributed by atoms with Gasteiger partial charge in [-0.25, -0.2) is 0 Å². The molecule has 0 heterocycles. The van der Waals surface area contributed by atoms with Crippen molar-refractivity contribution in [3.8, 4) is 0 Å². The zero-order valence-electron chi connectivity index (χ0n) is 16.9. The molecule has 4 heteroatoms. The summed E-state index contributed by atoms with van der Waals surface area (Å²) < 4.78 is 12.3. The average Bonchev–Trinajstić information content (AvgIpc) is 2.75. The molecule has 0 radical (unpaired) electrons. The Kier molecular flexibility index (Phi) is 7.40. The number of aliphatic hydroxyl groups excluding tert-OH is 1. The van der Waals surface area contributed by atoms with Gasteiger partial charge in [0.1, 0.15) is 23.9 Å². The highest BCUT2D eigenvalue weighted by atomic mass is 16.6. The quantitative estimate of drug-likeness (QED) is 0.670. The van der Waals surface area contributed by atoms with Crippen LogP contribution in [0.4, 0.5) is 0 Å². The van der Waals surface area contributed by atoms with Gasteiger partial charge >= 0.3 is 0 Å². The van der Waals surface area contributed by atoms with Gasteiger partial charge in [-0.3, -0.25) is 0 Å². The van der Waals surface area contributed by atoms with Crippen LogP contribution in [0.3, 0.4) is 0 Å². The second-order valence-electron chi connectivity index (χ2n) is 7.47. The van der Waals surface area contributed by atoms with Crippen molar-refractivity contribution < 1.29 is 19.7 Å². The van der Waals surface area contributed by atoms with E-state index in [1.165, 1.54) is 0 Å². The van der Waals surface area contributed by atoms with Crippen molar-refractivity contribution in [2.45, 2.75) is 56.9 Å². The summed E-state index contributed by atoms with van der Waals surface area (Å²) in [7, 11) is 0. The zero-order valence-corrected chi connectivity index (χ0v) is 16.9. The summed E-state index contributed by atoms with van der Waals surface area (Å²) in [4.78, 5) is 0. The van der Waals surface area contributed by atoms with Crippen molar-refractivity contribution in [3.05, 3.63) is 96.1 Å². The molecule has 1 aliphatic rings. The molecule has 4 atom stereocenters. The molecule has 0 unspecified atom stereocenters. The Hall–Kier alpha value is -2.24. The molecule has 0 spiro atoms. The van der Waals surface area contributed by atoms with Crippen molar-refractivity contribution in [2.24, 2.45) is 0 Å². The second kappa shape index (κ2) is 9.99. The van der Waals surface area contributed by atoms with E-state index < -0.39 is 23.9 Å². The molecule has 0 fully saturated rings. The highest BCUT2D eigenvalue weighted by Crippen LogP contribution is 2.38. The largest absolute Gasteiger partial charge is 0.386 e. The lowest BCUT2D eigenvalue weighted by atomic mass is 9.75. The molecule has 1 aliphatic carbocycles. The zero-order chi connectivity index (χ0) is 20.7. The lowest BCUT2D eigenvalue weighted by Gasteiger charge is -2.45. The van der Waals surface area contributed by atoms with E-state index in [1.54, 1.807) is 12.2 Å². The Bertz CT molecular complexity index is 802. The third kappa shape index (κ3) is 5.03. The van der Waals surface area contributed by atoms with Gasteiger partial charge in [0.25, 0.3) is 0 Å². The molecule has 0 saturated heterocycles. The molecule has 2 aromatic carbocycles. The average molecular weight is 395 g/mol. The summed E-state index contributed by atoms with van der Waals surface area (Å²) in [5.74, 6) is 0. The van der Waals surface area contributed by atoms with Crippen LogP contribution in [-0.2, 0) is 22.7 Å². The number of benzene rings is 2. The van der Waals surface area contributed by atoms with Gasteiger partial charge in [-0.05, 0) is 29.2 Å². The lowest BCUT2D eigenvalue weighted by Crippen LogP contribution is -2.58. The summed E-state index contributed by atoms with van der Waals surface area (Å²) in [6.45, 7) is 6.49. The van der Waals surface area contributed by atoms with Crippen molar-refractivity contribution in [3.63, 3.8) is 0 Å². The van der Waals surface area contributed by atoms with Crippen molar-refractivity contribution in [1.29, 1.82) is 0 Å². The van der Waals surface area contributed by atoms with Crippen LogP contribution in [0, 0.1) is 0 Å². The van der Waals surface area contributed by atoms with Crippen LogP contribution >= 0.6 is 0 Å². The molecule has 0 amide bonds. The van der Waals surface area contributed by atoms with Crippen LogP contribution in [0.25, 0.3) is 0 Å². The topological polar surface area (TPSA) is 58.9 Å². The molecule has 3 rings (SSSR count). The highest BCUT2D eigenvalue weighted by Gasteiger charge is 2.50. The van der Waals surface area contributed by atoms with E-state index in [0.717, 1.165) is 17.5 Å². The molecule has 2 aromatic rings. The maximum atomic E-state index is 11.6. The first kappa shape index (κ1) is 21.5. The normalized spacial score (nSPS) is 26.7. The summed E-state index contributed by atoms with van der Waals surface area (Å²) >= 11 is 0. The predicted molar refractivity (Wildman–Crippen MR) is 114 cm³/mol.